The molecule has 9 heteroatoms. The van der Waals surface area contributed by atoms with E-state index in [1.807, 2.05) is 0 Å². The van der Waals surface area contributed by atoms with E-state index in [9.17, 15) is 14.4 Å². The number of anilines is 1. The van der Waals surface area contributed by atoms with Crippen LogP contribution in [-0.2, 0) is 9.53 Å². The smallest absolute Gasteiger partial charge is 0.338 e. The Balaban J connectivity index is 1.68. The van der Waals surface area contributed by atoms with Gasteiger partial charge < -0.3 is 29.0 Å². The van der Waals surface area contributed by atoms with Crippen LogP contribution >= 0.6 is 0 Å². The number of ketones is 1. The van der Waals surface area contributed by atoms with Gasteiger partial charge in [-0.15, -0.1) is 0 Å². The van der Waals surface area contributed by atoms with E-state index < -0.39 is 18.5 Å². The number of nitrogens with one attached hydrogen (secondary N) is 1. The largest absolute Gasteiger partial charge is 0.497 e. The molecule has 3 rings (SSSR count). The topological polar surface area (TPSA) is 109 Å². The first kappa shape index (κ1) is 20.0. The van der Waals surface area contributed by atoms with Crippen molar-refractivity contribution in [3.8, 4) is 23.0 Å². The summed E-state index contributed by atoms with van der Waals surface area (Å²) in [4.78, 5) is 36.4. The van der Waals surface area contributed by atoms with Crippen molar-refractivity contribution in [1.29, 1.82) is 0 Å². The number of fused-ring (bicyclic) bond motifs is 1. The highest BCUT2D eigenvalue weighted by Gasteiger charge is 2.21. The third-order valence-corrected chi connectivity index (χ3v) is 4.09. The lowest BCUT2D eigenvalue weighted by Crippen LogP contribution is -2.22. The fourth-order valence-corrected chi connectivity index (χ4v) is 2.66. The molecular weight excluding hydrogens is 382 g/mol. The zero-order chi connectivity index (χ0) is 21.0. The summed E-state index contributed by atoms with van der Waals surface area (Å²) < 4.78 is 25.8. The molecule has 0 saturated heterocycles. The summed E-state index contributed by atoms with van der Waals surface area (Å²) in [6, 6.07) is 7.52. The molecule has 9 nitrogen and oxygen atoms in total. The van der Waals surface area contributed by atoms with Gasteiger partial charge in [0, 0.05) is 17.7 Å². The Bertz CT molecular complexity index is 947. The number of rotatable bonds is 7. The van der Waals surface area contributed by atoms with Crippen molar-refractivity contribution >= 4 is 23.3 Å². The molecule has 2 aromatic carbocycles. The molecule has 1 aliphatic heterocycles. The van der Waals surface area contributed by atoms with Gasteiger partial charge in [-0.2, -0.15) is 0 Å². The Morgan fingerprint density at radius 2 is 1.59 bits per heavy atom. The molecule has 0 atom stereocenters. The van der Waals surface area contributed by atoms with Crippen molar-refractivity contribution in [2.75, 3.05) is 32.9 Å². The highest BCUT2D eigenvalue weighted by molar-refractivity contribution is 6.05. The fourth-order valence-electron chi connectivity index (χ4n) is 2.66. The number of esters is 1. The number of benzene rings is 2. The predicted octanol–water partition coefficient (Wildman–Crippen LogP) is 2.43. The van der Waals surface area contributed by atoms with Gasteiger partial charge in [0.2, 0.25) is 6.79 Å². The Labute approximate surface area is 166 Å². The number of amides is 1. The molecular formula is C20H19NO8. The molecule has 0 aliphatic carbocycles. The maximum Gasteiger partial charge on any atom is 0.338 e. The average Bonchev–Trinajstić information content (AvgIpc) is 3.18. The summed E-state index contributed by atoms with van der Waals surface area (Å²) in [6.45, 7) is 0.846. The molecule has 0 radical (unpaired) electrons. The van der Waals surface area contributed by atoms with Gasteiger partial charge in [0.25, 0.3) is 5.91 Å². The molecule has 29 heavy (non-hydrogen) atoms. The zero-order valence-electron chi connectivity index (χ0n) is 16.1. The number of hydrogen-bond acceptors (Lipinski definition) is 8. The number of carbonyl (C=O) groups is 3. The van der Waals surface area contributed by atoms with Crippen LogP contribution in [0, 0.1) is 0 Å². The molecule has 0 unspecified atom stereocenters. The van der Waals surface area contributed by atoms with Crippen molar-refractivity contribution in [1.82, 2.24) is 0 Å². The summed E-state index contributed by atoms with van der Waals surface area (Å²) in [7, 11) is 2.91. The van der Waals surface area contributed by atoms with Crippen LogP contribution in [0.15, 0.2) is 30.3 Å². The van der Waals surface area contributed by atoms with Gasteiger partial charge in [0.05, 0.1) is 25.5 Å². The van der Waals surface area contributed by atoms with Crippen molar-refractivity contribution in [2.24, 2.45) is 0 Å². The third-order valence-electron chi connectivity index (χ3n) is 4.09. The third kappa shape index (κ3) is 4.57. The van der Waals surface area contributed by atoms with Gasteiger partial charge in [-0.3, -0.25) is 9.59 Å². The molecule has 0 bridgehead atoms. The summed E-state index contributed by atoms with van der Waals surface area (Å²) >= 11 is 0. The van der Waals surface area contributed by atoms with Gasteiger partial charge in [0.15, 0.2) is 23.9 Å². The number of carbonyl (C=O) groups excluding carboxylic acids is 3. The molecule has 2 aromatic rings. The minimum Gasteiger partial charge on any atom is -0.497 e. The molecule has 1 amide bonds. The minimum absolute atomic E-state index is 0.0334. The van der Waals surface area contributed by atoms with E-state index in [0.717, 1.165) is 0 Å². The Hall–Kier alpha value is -3.75. The number of Topliss-reactive ketones (excluding diaryl/α,β-unsaturated/α-hetero) is 1. The maximum absolute atomic E-state index is 12.3. The van der Waals surface area contributed by atoms with Crippen LogP contribution in [0.3, 0.4) is 0 Å². The zero-order valence-corrected chi connectivity index (χ0v) is 16.1. The first-order valence-electron chi connectivity index (χ1n) is 8.56. The normalized spacial score (nSPS) is 11.6. The summed E-state index contributed by atoms with van der Waals surface area (Å²) in [6.07, 6.45) is 0. The van der Waals surface area contributed by atoms with E-state index >= 15 is 0 Å². The number of hydrogen-bond donors (Lipinski definition) is 1. The van der Waals surface area contributed by atoms with Crippen LogP contribution < -0.4 is 24.3 Å². The quantitative estimate of drug-likeness (QED) is 0.557. The molecule has 1 heterocycles. The molecule has 0 spiro atoms. The average molecular weight is 401 g/mol. The Morgan fingerprint density at radius 1 is 0.966 bits per heavy atom. The minimum atomic E-state index is -0.727. The summed E-state index contributed by atoms with van der Waals surface area (Å²) in [5.41, 5.74) is 0.666. The van der Waals surface area contributed by atoms with E-state index in [1.165, 1.54) is 45.4 Å². The predicted molar refractivity (Wildman–Crippen MR) is 101 cm³/mol. The van der Waals surface area contributed by atoms with Crippen LogP contribution in [-0.4, -0.2) is 45.3 Å². The van der Waals surface area contributed by atoms with Gasteiger partial charge in [-0.25, -0.2) is 4.79 Å². The van der Waals surface area contributed by atoms with Crippen LogP contribution in [0.2, 0.25) is 0 Å². The van der Waals surface area contributed by atoms with Gasteiger partial charge in [0.1, 0.15) is 11.5 Å². The van der Waals surface area contributed by atoms with Gasteiger partial charge in [-0.1, -0.05) is 0 Å². The van der Waals surface area contributed by atoms with Crippen LogP contribution in [0.25, 0.3) is 0 Å². The standard InChI is InChI=1S/C20H19NO8/c1-11(22)15-7-17-18(29-10-28-17)8-16(15)21-19(23)9-27-20(24)12-4-13(25-2)6-14(5-12)26-3/h4-8H,9-10H2,1-3H3,(H,21,23). The molecule has 0 aromatic heterocycles. The van der Waals surface area contributed by atoms with E-state index in [4.69, 9.17) is 23.7 Å². The number of ether oxygens (including phenoxy) is 5. The molecule has 1 aliphatic rings. The van der Waals surface area contributed by atoms with E-state index in [2.05, 4.69) is 5.32 Å². The second-order valence-electron chi connectivity index (χ2n) is 6.03. The van der Waals surface area contributed by atoms with E-state index in [-0.39, 0.29) is 29.4 Å². The lowest BCUT2D eigenvalue weighted by molar-refractivity contribution is -0.119. The monoisotopic (exact) mass is 401 g/mol. The molecule has 152 valence electrons. The lowest BCUT2D eigenvalue weighted by Gasteiger charge is -2.11. The Morgan fingerprint density at radius 3 is 2.17 bits per heavy atom. The van der Waals surface area contributed by atoms with Crippen molar-refractivity contribution in [2.45, 2.75) is 6.92 Å². The van der Waals surface area contributed by atoms with E-state index in [1.54, 1.807) is 6.07 Å². The van der Waals surface area contributed by atoms with Crippen LogP contribution in [0.1, 0.15) is 27.6 Å². The SMILES string of the molecule is COc1cc(OC)cc(C(=O)OCC(=O)Nc2cc3c(cc2C(C)=O)OCO3)c1. The second kappa shape index (κ2) is 8.51. The van der Waals surface area contributed by atoms with Gasteiger partial charge >= 0.3 is 5.97 Å². The lowest BCUT2D eigenvalue weighted by atomic mass is 10.1. The molecule has 1 N–H and O–H groups in total. The van der Waals surface area contributed by atoms with Crippen molar-refractivity contribution in [3.05, 3.63) is 41.5 Å². The molecule has 0 fully saturated rings. The number of methoxy groups -OCH3 is 2. The first-order valence-corrected chi connectivity index (χ1v) is 8.56. The van der Waals surface area contributed by atoms with Gasteiger partial charge in [-0.05, 0) is 25.1 Å². The summed E-state index contributed by atoms with van der Waals surface area (Å²) in [5, 5.41) is 2.55. The van der Waals surface area contributed by atoms with E-state index in [0.29, 0.717) is 23.0 Å². The van der Waals surface area contributed by atoms with Crippen LogP contribution in [0.5, 0.6) is 23.0 Å². The van der Waals surface area contributed by atoms with Crippen LogP contribution in [0.4, 0.5) is 5.69 Å². The Kier molecular flexibility index (Phi) is 5.87. The second-order valence-corrected chi connectivity index (χ2v) is 6.03. The fraction of sp³-hybridized carbons (Fsp3) is 0.250. The molecule has 0 saturated carbocycles. The summed E-state index contributed by atoms with van der Waals surface area (Å²) in [5.74, 6) is 0.0419. The van der Waals surface area contributed by atoms with Crippen molar-refractivity contribution < 1.29 is 38.1 Å². The maximum atomic E-state index is 12.3. The first-order chi connectivity index (χ1) is 13.9. The highest BCUT2D eigenvalue weighted by atomic mass is 16.7. The highest BCUT2D eigenvalue weighted by Crippen LogP contribution is 2.37. The van der Waals surface area contributed by atoms with Crippen molar-refractivity contribution in [3.63, 3.8) is 0 Å².